The Morgan fingerprint density at radius 3 is 2.64 bits per heavy atom. The van der Waals surface area contributed by atoms with Crippen molar-refractivity contribution in [3.63, 3.8) is 0 Å². The average Bonchev–Trinajstić information content (AvgIpc) is 2.67. The van der Waals surface area contributed by atoms with Crippen LogP contribution in [0.3, 0.4) is 0 Å². The maximum atomic E-state index is 13.3. The fraction of sp³-hybridized carbons (Fsp3) is 0.636. The Hall–Kier alpha value is -2.08. The van der Waals surface area contributed by atoms with Gasteiger partial charge in [0.25, 0.3) is 5.91 Å². The van der Waals surface area contributed by atoms with Gasteiger partial charge in [-0.1, -0.05) is 12.1 Å². The van der Waals surface area contributed by atoms with Crippen LogP contribution in [-0.2, 0) is 9.53 Å². The number of carbonyl (C=O) groups is 2. The third-order valence-electron chi connectivity index (χ3n) is 7.02. The number of para-hydroxylation sites is 1. The van der Waals surface area contributed by atoms with Crippen LogP contribution in [0.1, 0.15) is 49.9 Å². The second-order valence-corrected chi connectivity index (χ2v) is 9.02. The molecule has 6 atom stereocenters. The molecule has 2 heterocycles. The lowest BCUT2D eigenvalue weighted by Gasteiger charge is -2.55. The zero-order valence-electron chi connectivity index (χ0n) is 16.5. The van der Waals surface area contributed by atoms with Crippen molar-refractivity contribution < 1.29 is 19.1 Å². The van der Waals surface area contributed by atoms with Gasteiger partial charge in [0.2, 0.25) is 5.91 Å². The number of nitrogens with zero attached hydrogens (tertiary/aromatic N) is 1. The van der Waals surface area contributed by atoms with Gasteiger partial charge in [0.1, 0.15) is 5.75 Å². The Morgan fingerprint density at radius 1 is 1.18 bits per heavy atom. The van der Waals surface area contributed by atoms with Gasteiger partial charge in [-0.2, -0.15) is 0 Å². The Morgan fingerprint density at radius 2 is 1.93 bits per heavy atom. The van der Waals surface area contributed by atoms with Crippen LogP contribution in [0.25, 0.3) is 0 Å². The molecule has 1 aromatic carbocycles. The van der Waals surface area contributed by atoms with E-state index in [4.69, 9.17) is 9.47 Å². The van der Waals surface area contributed by atoms with E-state index in [0.717, 1.165) is 19.3 Å². The van der Waals surface area contributed by atoms with Crippen molar-refractivity contribution in [2.24, 2.45) is 17.8 Å². The van der Waals surface area contributed by atoms with Crippen LogP contribution in [0.2, 0.25) is 0 Å². The van der Waals surface area contributed by atoms with Crippen molar-refractivity contribution in [3.05, 3.63) is 29.8 Å². The van der Waals surface area contributed by atoms with Gasteiger partial charge in [0.05, 0.1) is 17.8 Å². The SMILES string of the molecule is C[C@H]1CN(C(=O)[C@@H]2C[C@@H]3CC[C@@H]2C[C@@]32NC(=O)c3ccccc3O2)C[C@H](C)O1. The summed E-state index contributed by atoms with van der Waals surface area (Å²) in [7, 11) is 0. The minimum Gasteiger partial charge on any atom is -0.467 e. The number of ether oxygens (including phenoxy) is 2. The van der Waals surface area contributed by atoms with Crippen LogP contribution in [0, 0.1) is 17.8 Å². The molecule has 3 aliphatic carbocycles. The van der Waals surface area contributed by atoms with Crippen LogP contribution in [0.15, 0.2) is 24.3 Å². The number of benzene rings is 1. The molecule has 6 rings (SSSR count). The lowest BCUT2D eigenvalue weighted by atomic mass is 9.59. The van der Waals surface area contributed by atoms with Gasteiger partial charge in [0.15, 0.2) is 5.72 Å². The third kappa shape index (κ3) is 2.81. The summed E-state index contributed by atoms with van der Waals surface area (Å²) in [6.07, 6.45) is 3.68. The average molecular weight is 384 g/mol. The fourth-order valence-electron chi connectivity index (χ4n) is 5.85. The molecule has 150 valence electrons. The first kappa shape index (κ1) is 18.0. The van der Waals surface area contributed by atoms with E-state index in [0.29, 0.717) is 30.8 Å². The molecule has 1 aromatic rings. The van der Waals surface area contributed by atoms with Crippen LogP contribution < -0.4 is 10.1 Å². The summed E-state index contributed by atoms with van der Waals surface area (Å²) in [4.78, 5) is 28.0. The van der Waals surface area contributed by atoms with Crippen molar-refractivity contribution in [2.45, 2.75) is 57.5 Å². The van der Waals surface area contributed by atoms with E-state index in [9.17, 15) is 9.59 Å². The van der Waals surface area contributed by atoms with Gasteiger partial charge in [-0.15, -0.1) is 0 Å². The van der Waals surface area contributed by atoms with Crippen molar-refractivity contribution in [3.8, 4) is 5.75 Å². The molecule has 2 amide bonds. The van der Waals surface area contributed by atoms with E-state index in [2.05, 4.69) is 5.32 Å². The van der Waals surface area contributed by atoms with Crippen molar-refractivity contribution in [1.29, 1.82) is 0 Å². The van der Waals surface area contributed by atoms with E-state index in [-0.39, 0.29) is 41.8 Å². The van der Waals surface area contributed by atoms with Gasteiger partial charge in [-0.3, -0.25) is 9.59 Å². The summed E-state index contributed by atoms with van der Waals surface area (Å²) >= 11 is 0. The normalized spacial score (nSPS) is 39.3. The van der Waals surface area contributed by atoms with Crippen LogP contribution >= 0.6 is 0 Å². The quantitative estimate of drug-likeness (QED) is 0.808. The fourth-order valence-corrected chi connectivity index (χ4v) is 5.85. The van der Waals surface area contributed by atoms with Crippen molar-refractivity contribution in [1.82, 2.24) is 10.2 Å². The van der Waals surface area contributed by atoms with E-state index < -0.39 is 5.72 Å². The standard InChI is InChI=1S/C22H28N2O4/c1-13-11-24(12-14(2)27-13)21(26)18-9-16-8-7-15(18)10-22(16)23-20(25)17-5-3-4-6-19(17)28-22/h3-6,13-16,18H,7-12H2,1-2H3,(H,23,25)/t13-,14-,15+,16-,18+,22-/m0/s1. The molecule has 1 N–H and O–H groups in total. The third-order valence-corrected chi connectivity index (χ3v) is 7.02. The summed E-state index contributed by atoms with van der Waals surface area (Å²) in [5.74, 6) is 1.30. The monoisotopic (exact) mass is 384 g/mol. The van der Waals surface area contributed by atoms with Crippen LogP contribution in [-0.4, -0.2) is 47.7 Å². The molecule has 5 aliphatic rings. The summed E-state index contributed by atoms with van der Waals surface area (Å²) < 4.78 is 12.2. The zero-order valence-corrected chi connectivity index (χ0v) is 16.5. The molecule has 3 saturated carbocycles. The maximum Gasteiger partial charge on any atom is 0.258 e. The van der Waals surface area contributed by atoms with Gasteiger partial charge < -0.3 is 19.7 Å². The highest BCUT2D eigenvalue weighted by Gasteiger charge is 2.57. The van der Waals surface area contributed by atoms with Gasteiger partial charge >= 0.3 is 0 Å². The molecule has 0 aromatic heterocycles. The molecule has 6 nitrogen and oxygen atoms in total. The van der Waals surface area contributed by atoms with Gasteiger partial charge in [-0.25, -0.2) is 0 Å². The summed E-state index contributed by atoms with van der Waals surface area (Å²) in [5.41, 5.74) is -0.0602. The minimum atomic E-state index is -0.656. The Balaban J connectivity index is 1.36. The molecule has 2 bridgehead atoms. The molecule has 1 saturated heterocycles. The Bertz CT molecular complexity index is 801. The highest BCUT2D eigenvalue weighted by molar-refractivity contribution is 5.98. The van der Waals surface area contributed by atoms with E-state index in [1.54, 1.807) is 6.07 Å². The molecule has 1 spiro atoms. The maximum absolute atomic E-state index is 13.3. The Labute approximate surface area is 165 Å². The number of amides is 2. The lowest BCUT2D eigenvalue weighted by molar-refractivity contribution is -0.164. The predicted octanol–water partition coefficient (Wildman–Crippen LogP) is 2.58. The minimum absolute atomic E-state index is 0.0274. The summed E-state index contributed by atoms with van der Waals surface area (Å²) in [5, 5.41) is 3.17. The Kier molecular flexibility index (Phi) is 4.16. The number of hydrogen-bond donors (Lipinski definition) is 1. The molecule has 6 heteroatoms. The van der Waals surface area contributed by atoms with Gasteiger partial charge in [0, 0.05) is 31.3 Å². The molecular weight excluding hydrogens is 356 g/mol. The van der Waals surface area contributed by atoms with Crippen molar-refractivity contribution in [2.75, 3.05) is 13.1 Å². The molecule has 28 heavy (non-hydrogen) atoms. The highest BCUT2D eigenvalue weighted by Crippen LogP contribution is 2.52. The number of rotatable bonds is 1. The first-order chi connectivity index (χ1) is 13.4. The number of nitrogens with one attached hydrogen (secondary N) is 1. The largest absolute Gasteiger partial charge is 0.467 e. The lowest BCUT2D eigenvalue weighted by Crippen LogP contribution is -2.67. The molecule has 2 aliphatic heterocycles. The van der Waals surface area contributed by atoms with E-state index >= 15 is 0 Å². The van der Waals surface area contributed by atoms with E-state index in [1.165, 1.54) is 0 Å². The van der Waals surface area contributed by atoms with Crippen LogP contribution in [0.4, 0.5) is 0 Å². The molecular formula is C22H28N2O4. The second-order valence-electron chi connectivity index (χ2n) is 9.02. The predicted molar refractivity (Wildman–Crippen MR) is 103 cm³/mol. The van der Waals surface area contributed by atoms with Crippen molar-refractivity contribution >= 4 is 11.8 Å². The molecule has 0 radical (unpaired) electrons. The smallest absolute Gasteiger partial charge is 0.258 e. The zero-order chi connectivity index (χ0) is 19.5. The van der Waals surface area contributed by atoms with Crippen LogP contribution in [0.5, 0.6) is 5.75 Å². The summed E-state index contributed by atoms with van der Waals surface area (Å²) in [6, 6.07) is 7.42. The number of fused-ring (bicyclic) bond motifs is 3. The molecule has 4 fully saturated rings. The molecule has 0 unspecified atom stereocenters. The number of carbonyl (C=O) groups excluding carboxylic acids is 2. The summed E-state index contributed by atoms with van der Waals surface area (Å²) in [6.45, 7) is 5.40. The number of hydrogen-bond acceptors (Lipinski definition) is 4. The second kappa shape index (κ2) is 6.48. The topological polar surface area (TPSA) is 67.9 Å². The first-order valence-corrected chi connectivity index (χ1v) is 10.5. The van der Waals surface area contributed by atoms with E-state index in [1.807, 2.05) is 36.9 Å². The van der Waals surface area contributed by atoms with Gasteiger partial charge in [-0.05, 0) is 51.2 Å². The number of morpholine rings is 1. The first-order valence-electron chi connectivity index (χ1n) is 10.5. The highest BCUT2D eigenvalue weighted by atomic mass is 16.5.